The van der Waals surface area contributed by atoms with E-state index in [4.69, 9.17) is 9.26 Å². The van der Waals surface area contributed by atoms with Crippen LogP contribution in [0.2, 0.25) is 0 Å². The van der Waals surface area contributed by atoms with Gasteiger partial charge in [0.05, 0.1) is 29.4 Å². The fourth-order valence-electron chi connectivity index (χ4n) is 4.48. The van der Waals surface area contributed by atoms with Gasteiger partial charge in [0, 0.05) is 30.4 Å². The first kappa shape index (κ1) is 21.9. The Bertz CT molecular complexity index is 1300. The molecule has 34 heavy (non-hydrogen) atoms. The highest BCUT2D eigenvalue weighted by Gasteiger charge is 2.24. The zero-order chi connectivity index (χ0) is 23.7. The number of piperidine rings is 1. The van der Waals surface area contributed by atoms with Crippen molar-refractivity contribution in [3.63, 3.8) is 0 Å². The average molecular weight is 457 g/mol. The lowest BCUT2D eigenvalue weighted by molar-refractivity contribution is 0.0932. The Labute approximate surface area is 198 Å². The summed E-state index contributed by atoms with van der Waals surface area (Å²) in [5.74, 6) is 0.735. The van der Waals surface area contributed by atoms with Crippen LogP contribution in [0.5, 0.6) is 5.75 Å². The number of carbonyl (C=O) groups excluding carboxylic acids is 1. The second-order valence-electron chi connectivity index (χ2n) is 8.80. The number of ether oxygens (including phenoxy) is 1. The quantitative estimate of drug-likeness (QED) is 0.459. The Morgan fingerprint density at radius 3 is 2.44 bits per heavy atom. The summed E-state index contributed by atoms with van der Waals surface area (Å²) in [5, 5.41) is 7.97. The van der Waals surface area contributed by atoms with E-state index in [1.807, 2.05) is 56.3 Å². The number of anilines is 1. The van der Waals surface area contributed by atoms with Gasteiger partial charge in [-0.25, -0.2) is 4.98 Å². The van der Waals surface area contributed by atoms with Crippen molar-refractivity contribution < 1.29 is 14.1 Å². The monoisotopic (exact) mass is 456 g/mol. The molecule has 1 amide bonds. The minimum absolute atomic E-state index is 0.105. The highest BCUT2D eigenvalue weighted by atomic mass is 16.5. The first-order valence-electron chi connectivity index (χ1n) is 11.6. The molecule has 174 valence electrons. The maximum Gasteiger partial charge on any atom is 0.259 e. The van der Waals surface area contributed by atoms with Crippen LogP contribution in [0.25, 0.3) is 22.4 Å². The molecule has 1 fully saturated rings. The maximum absolute atomic E-state index is 13.4. The van der Waals surface area contributed by atoms with Crippen molar-refractivity contribution in [2.24, 2.45) is 0 Å². The van der Waals surface area contributed by atoms with Crippen molar-refractivity contribution in [2.75, 3.05) is 25.1 Å². The van der Waals surface area contributed by atoms with Gasteiger partial charge in [-0.05, 0) is 57.0 Å². The number of amides is 1. The van der Waals surface area contributed by atoms with Crippen LogP contribution in [-0.2, 0) is 0 Å². The zero-order valence-electron chi connectivity index (χ0n) is 19.7. The van der Waals surface area contributed by atoms with Crippen molar-refractivity contribution in [1.29, 1.82) is 0 Å². The number of pyridine rings is 1. The Kier molecular flexibility index (Phi) is 5.92. The van der Waals surface area contributed by atoms with Gasteiger partial charge in [-0.2, -0.15) is 0 Å². The van der Waals surface area contributed by atoms with Crippen LogP contribution in [0.1, 0.15) is 34.5 Å². The molecular weight excluding hydrogens is 428 g/mol. The van der Waals surface area contributed by atoms with E-state index in [0.29, 0.717) is 28.1 Å². The lowest BCUT2D eigenvalue weighted by Gasteiger charge is -2.34. The molecule has 5 rings (SSSR count). The first-order chi connectivity index (χ1) is 16.5. The SMILES string of the molecule is COc1ccc(N2CCC(NC(=O)c3cc(-c4ccc(C)cc4)nc4onc(C)c34)CC2)cc1. The van der Waals surface area contributed by atoms with E-state index >= 15 is 0 Å². The van der Waals surface area contributed by atoms with Crippen molar-refractivity contribution in [1.82, 2.24) is 15.5 Å². The molecule has 0 saturated carbocycles. The molecule has 7 nitrogen and oxygen atoms in total. The number of rotatable bonds is 5. The molecule has 1 N–H and O–H groups in total. The van der Waals surface area contributed by atoms with Crippen molar-refractivity contribution >= 4 is 22.7 Å². The van der Waals surface area contributed by atoms with Gasteiger partial charge >= 0.3 is 0 Å². The molecule has 7 heteroatoms. The standard InChI is InChI=1S/C27H28N4O3/c1-17-4-6-19(7-5-17)24-16-23(25-18(2)30-34-27(25)29-24)26(32)28-20-12-14-31(15-13-20)21-8-10-22(33-3)11-9-21/h4-11,16,20H,12-15H2,1-3H3,(H,28,32). The Hall–Kier alpha value is -3.87. The van der Waals surface area contributed by atoms with Crippen LogP contribution in [-0.4, -0.2) is 42.3 Å². The molecule has 0 atom stereocenters. The smallest absolute Gasteiger partial charge is 0.259 e. The van der Waals surface area contributed by atoms with Crippen LogP contribution in [0.15, 0.2) is 59.1 Å². The molecule has 4 aromatic rings. The number of methoxy groups -OCH3 is 1. The third-order valence-corrected chi connectivity index (χ3v) is 6.48. The van der Waals surface area contributed by atoms with Crippen molar-refractivity contribution in [3.8, 4) is 17.0 Å². The third-order valence-electron chi connectivity index (χ3n) is 6.48. The summed E-state index contributed by atoms with van der Waals surface area (Å²) >= 11 is 0. The number of nitrogens with zero attached hydrogens (tertiary/aromatic N) is 3. The molecule has 0 radical (unpaired) electrons. The zero-order valence-corrected chi connectivity index (χ0v) is 19.7. The molecule has 0 bridgehead atoms. The fourth-order valence-corrected chi connectivity index (χ4v) is 4.48. The van der Waals surface area contributed by atoms with Crippen LogP contribution in [0, 0.1) is 13.8 Å². The highest BCUT2D eigenvalue weighted by molar-refractivity contribution is 6.07. The number of carbonyl (C=O) groups is 1. The van der Waals surface area contributed by atoms with Gasteiger partial charge in [0.15, 0.2) is 0 Å². The van der Waals surface area contributed by atoms with Crippen molar-refractivity contribution in [3.05, 3.63) is 71.4 Å². The molecule has 0 unspecified atom stereocenters. The van der Waals surface area contributed by atoms with E-state index in [1.165, 1.54) is 11.3 Å². The molecule has 0 spiro atoms. The molecule has 1 aliphatic heterocycles. The summed E-state index contributed by atoms with van der Waals surface area (Å²) in [4.78, 5) is 20.4. The summed E-state index contributed by atoms with van der Waals surface area (Å²) < 4.78 is 10.7. The molecule has 1 saturated heterocycles. The van der Waals surface area contributed by atoms with Gasteiger partial charge in [0.2, 0.25) is 0 Å². The van der Waals surface area contributed by atoms with Crippen molar-refractivity contribution in [2.45, 2.75) is 32.7 Å². The normalized spacial score (nSPS) is 14.4. The Morgan fingerprint density at radius 1 is 1.06 bits per heavy atom. The maximum atomic E-state index is 13.4. The van der Waals surface area contributed by atoms with E-state index in [-0.39, 0.29) is 11.9 Å². The van der Waals surface area contributed by atoms with Gasteiger partial charge in [-0.1, -0.05) is 35.0 Å². The van der Waals surface area contributed by atoms with Gasteiger partial charge in [0.1, 0.15) is 5.75 Å². The minimum Gasteiger partial charge on any atom is -0.497 e. The Morgan fingerprint density at radius 2 is 1.76 bits per heavy atom. The van der Waals surface area contributed by atoms with Gasteiger partial charge in [0.25, 0.3) is 11.6 Å². The van der Waals surface area contributed by atoms with E-state index in [2.05, 4.69) is 32.5 Å². The predicted octanol–water partition coefficient (Wildman–Crippen LogP) is 4.91. The third kappa shape index (κ3) is 4.33. The van der Waals surface area contributed by atoms with E-state index in [9.17, 15) is 4.79 Å². The van der Waals surface area contributed by atoms with E-state index in [1.54, 1.807) is 7.11 Å². The number of benzene rings is 2. The number of hydrogen-bond acceptors (Lipinski definition) is 6. The second-order valence-corrected chi connectivity index (χ2v) is 8.80. The second kappa shape index (κ2) is 9.17. The summed E-state index contributed by atoms with van der Waals surface area (Å²) in [7, 11) is 1.67. The summed E-state index contributed by atoms with van der Waals surface area (Å²) in [5.41, 5.74) is 5.57. The minimum atomic E-state index is -0.116. The molecule has 3 heterocycles. The van der Waals surface area contributed by atoms with Gasteiger partial charge in [-0.3, -0.25) is 4.79 Å². The number of aromatic nitrogens is 2. The number of nitrogens with one attached hydrogen (secondary N) is 1. The van der Waals surface area contributed by atoms with Crippen LogP contribution in [0.3, 0.4) is 0 Å². The van der Waals surface area contributed by atoms with E-state index < -0.39 is 0 Å². The molecule has 1 aliphatic rings. The molecule has 0 aliphatic carbocycles. The van der Waals surface area contributed by atoms with Gasteiger partial charge in [-0.15, -0.1) is 0 Å². The first-order valence-corrected chi connectivity index (χ1v) is 11.6. The molecular formula is C27H28N4O3. The molecule has 2 aromatic carbocycles. The van der Waals surface area contributed by atoms with Crippen LogP contribution in [0.4, 0.5) is 5.69 Å². The molecule has 2 aromatic heterocycles. The highest BCUT2D eigenvalue weighted by Crippen LogP contribution is 2.28. The Balaban J connectivity index is 1.33. The lowest BCUT2D eigenvalue weighted by Crippen LogP contribution is -2.44. The fraction of sp³-hybridized carbons (Fsp3) is 0.296. The summed E-state index contributed by atoms with van der Waals surface area (Å²) in [6, 6.07) is 18.1. The number of aryl methyl sites for hydroxylation is 2. The number of fused-ring (bicyclic) bond motifs is 1. The largest absolute Gasteiger partial charge is 0.497 e. The summed E-state index contributed by atoms with van der Waals surface area (Å²) in [6.45, 7) is 5.64. The lowest BCUT2D eigenvalue weighted by atomic mass is 10.0. The predicted molar refractivity (Wildman–Crippen MR) is 132 cm³/mol. The average Bonchev–Trinajstić information content (AvgIpc) is 3.25. The van der Waals surface area contributed by atoms with Crippen LogP contribution >= 0.6 is 0 Å². The van der Waals surface area contributed by atoms with Crippen LogP contribution < -0.4 is 15.0 Å². The van der Waals surface area contributed by atoms with Gasteiger partial charge < -0.3 is 19.5 Å². The summed E-state index contributed by atoms with van der Waals surface area (Å²) in [6.07, 6.45) is 1.75. The van der Waals surface area contributed by atoms with E-state index in [0.717, 1.165) is 37.2 Å². The topological polar surface area (TPSA) is 80.5 Å². The number of hydrogen-bond donors (Lipinski definition) is 1.